The first-order valence-electron chi connectivity index (χ1n) is 6.25. The van der Waals surface area contributed by atoms with Crippen molar-refractivity contribution in [3.63, 3.8) is 0 Å². The number of thioether (sulfide) groups is 1. The van der Waals surface area contributed by atoms with E-state index in [-0.39, 0.29) is 11.5 Å². The lowest BCUT2D eigenvalue weighted by Gasteiger charge is -2.12. The van der Waals surface area contributed by atoms with Crippen LogP contribution in [0.25, 0.3) is 0 Å². The van der Waals surface area contributed by atoms with Gasteiger partial charge in [-0.15, -0.1) is 0 Å². The van der Waals surface area contributed by atoms with Crippen molar-refractivity contribution in [2.75, 3.05) is 5.32 Å². The van der Waals surface area contributed by atoms with Gasteiger partial charge in [-0.25, -0.2) is 4.98 Å². The van der Waals surface area contributed by atoms with Gasteiger partial charge in [-0.2, -0.15) is 0 Å². The van der Waals surface area contributed by atoms with E-state index >= 15 is 0 Å². The Kier molecular flexibility index (Phi) is 5.03. The monoisotopic (exact) mass is 323 g/mol. The van der Waals surface area contributed by atoms with Gasteiger partial charge in [0.15, 0.2) is 5.16 Å². The predicted molar refractivity (Wildman–Crippen MR) is 85.0 cm³/mol. The molecule has 2 aromatic rings. The average molecular weight is 324 g/mol. The zero-order valence-corrected chi connectivity index (χ0v) is 13.1. The van der Waals surface area contributed by atoms with Crippen molar-refractivity contribution in [2.45, 2.75) is 24.3 Å². The van der Waals surface area contributed by atoms with Gasteiger partial charge in [-0.05, 0) is 26.0 Å². The summed E-state index contributed by atoms with van der Waals surface area (Å²) in [5.74, 6) is -0.211. The number of rotatable bonds is 4. The molecule has 2 N–H and O–H groups in total. The normalized spacial score (nSPS) is 12.0. The largest absolute Gasteiger partial charge is 0.324 e. The number of amides is 1. The minimum absolute atomic E-state index is 0.211. The summed E-state index contributed by atoms with van der Waals surface area (Å²) in [6.45, 7) is 3.47. The Morgan fingerprint density at radius 3 is 2.81 bits per heavy atom. The Morgan fingerprint density at radius 2 is 2.14 bits per heavy atom. The van der Waals surface area contributed by atoms with Crippen molar-refractivity contribution in [3.8, 4) is 0 Å². The number of nitrogens with one attached hydrogen (secondary N) is 2. The second-order valence-electron chi connectivity index (χ2n) is 4.42. The average Bonchev–Trinajstić information content (AvgIpc) is 2.40. The number of aromatic amines is 1. The molecule has 2 rings (SSSR count). The quantitative estimate of drug-likeness (QED) is 0.670. The van der Waals surface area contributed by atoms with E-state index in [1.807, 2.05) is 0 Å². The molecule has 0 spiro atoms. The Labute approximate surface area is 131 Å². The molecule has 21 heavy (non-hydrogen) atoms. The molecule has 0 aliphatic carbocycles. The minimum Gasteiger partial charge on any atom is -0.324 e. The Hall–Kier alpha value is -1.79. The third kappa shape index (κ3) is 4.34. The summed E-state index contributed by atoms with van der Waals surface area (Å²) >= 11 is 7.18. The summed E-state index contributed by atoms with van der Waals surface area (Å²) in [6, 6.07) is 8.41. The number of benzene rings is 1. The van der Waals surface area contributed by atoms with Crippen LogP contribution in [0.4, 0.5) is 5.69 Å². The molecular weight excluding hydrogens is 310 g/mol. The van der Waals surface area contributed by atoms with Crippen LogP contribution in [0.1, 0.15) is 12.6 Å². The van der Waals surface area contributed by atoms with Crippen molar-refractivity contribution < 1.29 is 4.79 Å². The number of hydrogen-bond donors (Lipinski definition) is 2. The SMILES string of the molecule is Cc1cc(=O)[nH]c(S[C@H](C)C(=O)Nc2ccccc2Cl)n1. The van der Waals surface area contributed by atoms with Gasteiger partial charge in [0.1, 0.15) is 0 Å². The smallest absolute Gasteiger partial charge is 0.251 e. The van der Waals surface area contributed by atoms with E-state index in [4.69, 9.17) is 11.6 Å². The maximum atomic E-state index is 12.1. The van der Waals surface area contributed by atoms with Gasteiger partial charge in [0, 0.05) is 11.8 Å². The first kappa shape index (κ1) is 15.6. The highest BCUT2D eigenvalue weighted by molar-refractivity contribution is 8.00. The molecule has 1 aromatic carbocycles. The van der Waals surface area contributed by atoms with Crippen molar-refractivity contribution in [2.24, 2.45) is 0 Å². The summed E-state index contributed by atoms with van der Waals surface area (Å²) in [5.41, 5.74) is 0.936. The highest BCUT2D eigenvalue weighted by Crippen LogP contribution is 2.23. The van der Waals surface area contributed by atoms with Gasteiger partial charge >= 0.3 is 0 Å². The van der Waals surface area contributed by atoms with Gasteiger partial charge in [0.05, 0.1) is 16.0 Å². The number of H-pyrrole nitrogens is 1. The minimum atomic E-state index is -0.425. The lowest BCUT2D eigenvalue weighted by atomic mass is 10.3. The number of nitrogens with zero attached hydrogens (tertiary/aromatic N) is 1. The molecule has 1 atom stereocenters. The summed E-state index contributed by atoms with van der Waals surface area (Å²) < 4.78 is 0. The molecule has 0 fully saturated rings. The molecule has 0 radical (unpaired) electrons. The molecular formula is C14H14ClN3O2S. The molecule has 0 aliphatic rings. The molecule has 1 aromatic heterocycles. The van der Waals surface area contributed by atoms with Gasteiger partial charge in [-0.1, -0.05) is 35.5 Å². The van der Waals surface area contributed by atoms with Crippen LogP contribution in [0.15, 0.2) is 40.3 Å². The van der Waals surface area contributed by atoms with Crippen molar-refractivity contribution >= 4 is 35.0 Å². The molecule has 7 heteroatoms. The van der Waals surface area contributed by atoms with Gasteiger partial charge in [-0.3, -0.25) is 9.59 Å². The molecule has 1 heterocycles. The van der Waals surface area contributed by atoms with E-state index < -0.39 is 5.25 Å². The molecule has 0 saturated heterocycles. The number of aromatic nitrogens is 2. The number of hydrogen-bond acceptors (Lipinski definition) is 4. The van der Waals surface area contributed by atoms with Gasteiger partial charge in [0.2, 0.25) is 5.91 Å². The molecule has 0 unspecified atom stereocenters. The van der Waals surface area contributed by atoms with E-state index in [1.165, 1.54) is 17.8 Å². The van der Waals surface area contributed by atoms with E-state index in [1.54, 1.807) is 38.1 Å². The Bertz CT molecular complexity index is 717. The molecule has 5 nitrogen and oxygen atoms in total. The molecule has 0 saturated carbocycles. The van der Waals surface area contributed by atoms with E-state index in [0.29, 0.717) is 21.6 Å². The maximum Gasteiger partial charge on any atom is 0.251 e. The number of aryl methyl sites for hydroxylation is 1. The molecule has 110 valence electrons. The highest BCUT2D eigenvalue weighted by Gasteiger charge is 2.17. The fraction of sp³-hybridized carbons (Fsp3) is 0.214. The number of halogens is 1. The molecule has 1 amide bonds. The van der Waals surface area contributed by atoms with Crippen LogP contribution in [0.5, 0.6) is 0 Å². The van der Waals surface area contributed by atoms with Crippen molar-refractivity contribution in [3.05, 3.63) is 51.4 Å². The number of carbonyl (C=O) groups is 1. The van der Waals surface area contributed by atoms with Crippen molar-refractivity contribution in [1.29, 1.82) is 0 Å². The maximum absolute atomic E-state index is 12.1. The second-order valence-corrected chi connectivity index (χ2v) is 6.16. The van der Waals surface area contributed by atoms with Crippen LogP contribution in [0, 0.1) is 6.92 Å². The van der Waals surface area contributed by atoms with Gasteiger partial charge in [0.25, 0.3) is 5.56 Å². The van der Waals surface area contributed by atoms with Gasteiger partial charge < -0.3 is 10.3 Å². The van der Waals surface area contributed by atoms with E-state index in [9.17, 15) is 9.59 Å². The lowest BCUT2D eigenvalue weighted by Crippen LogP contribution is -2.23. The van der Waals surface area contributed by atoms with Crippen LogP contribution in [0.2, 0.25) is 5.02 Å². The summed E-state index contributed by atoms with van der Waals surface area (Å²) in [7, 11) is 0. The van der Waals surface area contributed by atoms with Crippen LogP contribution >= 0.6 is 23.4 Å². The lowest BCUT2D eigenvalue weighted by molar-refractivity contribution is -0.115. The standard InChI is InChI=1S/C14H14ClN3O2S/c1-8-7-12(19)18-14(16-8)21-9(2)13(20)17-11-6-4-3-5-10(11)15/h3-7,9H,1-2H3,(H,17,20)(H,16,18,19)/t9-/m1/s1. The second kappa shape index (κ2) is 6.78. The summed E-state index contributed by atoms with van der Waals surface area (Å²) in [6.07, 6.45) is 0. The zero-order chi connectivity index (χ0) is 15.4. The Morgan fingerprint density at radius 1 is 1.43 bits per heavy atom. The first-order chi connectivity index (χ1) is 9.95. The van der Waals surface area contributed by atoms with Crippen LogP contribution in [0.3, 0.4) is 0 Å². The first-order valence-corrected chi connectivity index (χ1v) is 7.51. The third-order valence-corrected chi connectivity index (χ3v) is 3.95. The van der Waals surface area contributed by atoms with E-state index in [2.05, 4.69) is 15.3 Å². The Balaban J connectivity index is 2.06. The molecule has 0 bridgehead atoms. The number of para-hydroxylation sites is 1. The van der Waals surface area contributed by atoms with E-state index in [0.717, 1.165) is 0 Å². The predicted octanol–water partition coefficient (Wildman–Crippen LogP) is 2.85. The molecule has 0 aliphatic heterocycles. The fourth-order valence-electron chi connectivity index (χ4n) is 1.63. The number of anilines is 1. The summed E-state index contributed by atoms with van der Waals surface area (Å²) in [5, 5.41) is 3.22. The number of carbonyl (C=O) groups excluding carboxylic acids is 1. The van der Waals surface area contributed by atoms with Crippen LogP contribution in [-0.4, -0.2) is 21.1 Å². The highest BCUT2D eigenvalue weighted by atomic mass is 35.5. The summed E-state index contributed by atoms with van der Waals surface area (Å²) in [4.78, 5) is 30.3. The van der Waals surface area contributed by atoms with Crippen molar-refractivity contribution in [1.82, 2.24) is 9.97 Å². The fourth-order valence-corrected chi connectivity index (χ4v) is 2.67. The zero-order valence-electron chi connectivity index (χ0n) is 11.5. The topological polar surface area (TPSA) is 74.8 Å². The third-order valence-electron chi connectivity index (χ3n) is 2.64. The van der Waals surface area contributed by atoms with Crippen LogP contribution < -0.4 is 10.9 Å². The van der Waals surface area contributed by atoms with Crippen LogP contribution in [-0.2, 0) is 4.79 Å².